The average Bonchev–Trinajstić information content (AvgIpc) is 3.30. The van der Waals surface area contributed by atoms with Crippen molar-refractivity contribution >= 4 is 33.0 Å². The predicted molar refractivity (Wildman–Crippen MR) is 126 cm³/mol. The molecule has 0 atom stereocenters. The van der Waals surface area contributed by atoms with Crippen LogP contribution < -0.4 is 19.7 Å². The molecular weight excluding hydrogens is 426 g/mol. The van der Waals surface area contributed by atoms with Crippen LogP contribution in [0.5, 0.6) is 5.75 Å². The van der Waals surface area contributed by atoms with E-state index in [1.807, 2.05) is 32.0 Å². The maximum absolute atomic E-state index is 12.7. The Morgan fingerprint density at radius 2 is 1.62 bits per heavy atom. The standard InChI is InChI=1S/C23H27N5O3S/c1-3-31-20-10-12-21(13-11-20)32(29,30)27-19-8-6-18(7-9-19)26-22-16-23(25-17(2)24-22)28-14-4-5-15-28/h6-13,16,27H,3-5,14-15H2,1-2H3,(H,24,25,26). The lowest BCUT2D eigenvalue weighted by Crippen LogP contribution is -2.19. The molecule has 1 saturated heterocycles. The van der Waals surface area contributed by atoms with E-state index in [2.05, 4.69) is 24.9 Å². The van der Waals surface area contributed by atoms with E-state index in [-0.39, 0.29) is 4.90 Å². The third kappa shape index (κ3) is 5.28. The fourth-order valence-corrected chi connectivity index (χ4v) is 4.65. The minimum absolute atomic E-state index is 0.175. The number of nitrogens with one attached hydrogen (secondary N) is 2. The van der Waals surface area contributed by atoms with Crippen LogP contribution in [0.4, 0.5) is 23.0 Å². The summed E-state index contributed by atoms with van der Waals surface area (Å²) in [6, 6.07) is 15.3. The number of nitrogens with zero attached hydrogens (tertiary/aromatic N) is 3. The molecule has 0 amide bonds. The predicted octanol–water partition coefficient (Wildman–Crippen LogP) is 4.33. The Hall–Kier alpha value is -3.33. The van der Waals surface area contributed by atoms with Crippen molar-refractivity contribution in [1.82, 2.24) is 9.97 Å². The summed E-state index contributed by atoms with van der Waals surface area (Å²) in [6.45, 7) is 6.31. The van der Waals surface area contributed by atoms with Crippen molar-refractivity contribution in [2.24, 2.45) is 0 Å². The van der Waals surface area contributed by atoms with Gasteiger partial charge in [-0.2, -0.15) is 0 Å². The van der Waals surface area contributed by atoms with E-state index < -0.39 is 10.0 Å². The molecule has 0 spiro atoms. The van der Waals surface area contributed by atoms with Crippen LogP contribution in [0, 0.1) is 6.92 Å². The Morgan fingerprint density at radius 1 is 0.969 bits per heavy atom. The Morgan fingerprint density at radius 3 is 2.28 bits per heavy atom. The van der Waals surface area contributed by atoms with Gasteiger partial charge in [0.1, 0.15) is 23.2 Å². The summed E-state index contributed by atoms with van der Waals surface area (Å²) in [7, 11) is -3.69. The quantitative estimate of drug-likeness (QED) is 0.524. The zero-order valence-electron chi connectivity index (χ0n) is 18.2. The van der Waals surface area contributed by atoms with E-state index in [0.717, 1.165) is 24.6 Å². The minimum atomic E-state index is -3.69. The number of benzene rings is 2. The molecule has 8 nitrogen and oxygen atoms in total. The monoisotopic (exact) mass is 453 g/mol. The van der Waals surface area contributed by atoms with Gasteiger partial charge < -0.3 is 15.0 Å². The molecule has 0 bridgehead atoms. The maximum atomic E-state index is 12.7. The van der Waals surface area contributed by atoms with E-state index in [1.54, 1.807) is 24.3 Å². The maximum Gasteiger partial charge on any atom is 0.261 e. The molecule has 0 radical (unpaired) electrons. The van der Waals surface area contributed by atoms with Crippen molar-refractivity contribution in [3.63, 3.8) is 0 Å². The van der Waals surface area contributed by atoms with E-state index in [9.17, 15) is 8.42 Å². The largest absolute Gasteiger partial charge is 0.494 e. The summed E-state index contributed by atoms with van der Waals surface area (Å²) in [6.07, 6.45) is 2.36. The molecule has 1 fully saturated rings. The molecule has 4 rings (SSSR count). The number of hydrogen-bond donors (Lipinski definition) is 2. The highest BCUT2D eigenvalue weighted by Gasteiger charge is 2.16. The van der Waals surface area contributed by atoms with Gasteiger partial charge in [-0.3, -0.25) is 4.72 Å². The highest BCUT2D eigenvalue weighted by Crippen LogP contribution is 2.25. The van der Waals surface area contributed by atoms with Gasteiger partial charge in [0.05, 0.1) is 11.5 Å². The lowest BCUT2D eigenvalue weighted by molar-refractivity contribution is 0.340. The van der Waals surface area contributed by atoms with Crippen molar-refractivity contribution < 1.29 is 13.2 Å². The molecule has 2 heterocycles. The van der Waals surface area contributed by atoms with Crippen molar-refractivity contribution in [3.05, 3.63) is 60.4 Å². The van der Waals surface area contributed by atoms with Crippen molar-refractivity contribution in [2.75, 3.05) is 34.6 Å². The first-order valence-corrected chi connectivity index (χ1v) is 12.1. The minimum Gasteiger partial charge on any atom is -0.494 e. The number of ether oxygens (including phenoxy) is 1. The van der Waals surface area contributed by atoms with Crippen LogP contribution in [0.2, 0.25) is 0 Å². The fourth-order valence-electron chi connectivity index (χ4n) is 3.59. The summed E-state index contributed by atoms with van der Waals surface area (Å²) in [4.78, 5) is 11.5. The molecule has 0 aliphatic carbocycles. The van der Waals surface area contributed by atoms with Crippen LogP contribution in [0.25, 0.3) is 0 Å². The van der Waals surface area contributed by atoms with Gasteiger partial charge in [-0.15, -0.1) is 0 Å². The van der Waals surface area contributed by atoms with Gasteiger partial charge in [-0.1, -0.05) is 0 Å². The van der Waals surface area contributed by atoms with Gasteiger partial charge >= 0.3 is 0 Å². The second-order valence-electron chi connectivity index (χ2n) is 7.57. The van der Waals surface area contributed by atoms with Crippen LogP contribution in [0.15, 0.2) is 59.5 Å². The average molecular weight is 454 g/mol. The molecule has 32 heavy (non-hydrogen) atoms. The van der Waals surface area contributed by atoms with Gasteiger partial charge in [-0.25, -0.2) is 18.4 Å². The SMILES string of the molecule is CCOc1ccc(S(=O)(=O)Nc2ccc(Nc3cc(N4CCCC4)nc(C)n3)cc2)cc1. The highest BCUT2D eigenvalue weighted by molar-refractivity contribution is 7.92. The Kier molecular flexibility index (Phi) is 6.45. The first kappa shape index (κ1) is 21.9. The molecule has 1 aliphatic rings. The number of sulfonamides is 1. The molecule has 2 aromatic carbocycles. The molecule has 0 saturated carbocycles. The summed E-state index contributed by atoms with van der Waals surface area (Å²) in [5.74, 6) is 2.98. The van der Waals surface area contributed by atoms with E-state index in [0.29, 0.717) is 29.7 Å². The summed E-state index contributed by atoms with van der Waals surface area (Å²) >= 11 is 0. The highest BCUT2D eigenvalue weighted by atomic mass is 32.2. The third-order valence-electron chi connectivity index (χ3n) is 5.11. The van der Waals surface area contributed by atoms with Gasteiger partial charge in [0.2, 0.25) is 0 Å². The second-order valence-corrected chi connectivity index (χ2v) is 9.25. The number of aryl methyl sites for hydroxylation is 1. The lowest BCUT2D eigenvalue weighted by Gasteiger charge is -2.18. The molecule has 0 unspecified atom stereocenters. The van der Waals surface area contributed by atoms with E-state index in [1.165, 1.54) is 25.0 Å². The van der Waals surface area contributed by atoms with E-state index >= 15 is 0 Å². The first-order chi connectivity index (χ1) is 15.4. The van der Waals surface area contributed by atoms with Crippen LogP contribution in [-0.4, -0.2) is 38.1 Å². The van der Waals surface area contributed by atoms with Gasteiger partial charge in [0.15, 0.2) is 0 Å². The summed E-state index contributed by atoms with van der Waals surface area (Å²) in [5, 5.41) is 3.28. The zero-order chi connectivity index (χ0) is 22.6. The Labute approximate surface area is 188 Å². The van der Waals surface area contributed by atoms with Crippen LogP contribution in [0.3, 0.4) is 0 Å². The van der Waals surface area contributed by atoms with Crippen LogP contribution in [0.1, 0.15) is 25.6 Å². The fraction of sp³-hybridized carbons (Fsp3) is 0.304. The summed E-state index contributed by atoms with van der Waals surface area (Å²) < 4.78 is 33.3. The molecule has 2 N–H and O–H groups in total. The normalized spacial score (nSPS) is 13.8. The number of rotatable bonds is 8. The molecule has 1 aromatic heterocycles. The number of anilines is 4. The van der Waals surface area contributed by atoms with Gasteiger partial charge in [0.25, 0.3) is 10.0 Å². The number of aromatic nitrogens is 2. The molecule has 9 heteroatoms. The van der Waals surface area contributed by atoms with Crippen molar-refractivity contribution in [1.29, 1.82) is 0 Å². The van der Waals surface area contributed by atoms with E-state index in [4.69, 9.17) is 4.74 Å². The van der Waals surface area contributed by atoms with Crippen LogP contribution in [-0.2, 0) is 10.0 Å². The van der Waals surface area contributed by atoms with Crippen molar-refractivity contribution in [2.45, 2.75) is 31.6 Å². The molecular formula is C23H27N5O3S. The van der Waals surface area contributed by atoms with Crippen LogP contribution >= 0.6 is 0 Å². The second kappa shape index (κ2) is 9.44. The molecule has 168 valence electrons. The van der Waals surface area contributed by atoms with Crippen molar-refractivity contribution in [3.8, 4) is 5.75 Å². The molecule has 1 aliphatic heterocycles. The van der Waals surface area contributed by atoms with Gasteiger partial charge in [0, 0.05) is 30.5 Å². The Balaban J connectivity index is 1.44. The molecule has 3 aromatic rings. The third-order valence-corrected chi connectivity index (χ3v) is 6.51. The van der Waals surface area contributed by atoms with Gasteiger partial charge in [-0.05, 0) is 75.2 Å². The summed E-state index contributed by atoms with van der Waals surface area (Å²) in [5.41, 5.74) is 1.28. The Bertz CT molecular complexity index is 1160. The number of hydrogen-bond acceptors (Lipinski definition) is 7. The first-order valence-electron chi connectivity index (χ1n) is 10.7. The smallest absolute Gasteiger partial charge is 0.261 e. The lowest BCUT2D eigenvalue weighted by atomic mass is 10.3. The zero-order valence-corrected chi connectivity index (χ0v) is 19.0. The topological polar surface area (TPSA) is 96.5 Å².